The van der Waals surface area contributed by atoms with Gasteiger partial charge in [0.05, 0.1) is 18.4 Å². The number of aromatic nitrogens is 5. The van der Waals surface area contributed by atoms with Crippen LogP contribution in [-0.4, -0.2) is 36.5 Å². The number of amides is 1. The van der Waals surface area contributed by atoms with Gasteiger partial charge in [0.25, 0.3) is 5.91 Å². The third-order valence-electron chi connectivity index (χ3n) is 5.11. The van der Waals surface area contributed by atoms with Crippen molar-refractivity contribution in [3.8, 4) is 11.4 Å². The number of imidazole rings is 1. The minimum Gasteiger partial charge on any atom is -0.337 e. The van der Waals surface area contributed by atoms with Crippen LogP contribution in [0.3, 0.4) is 0 Å². The molecule has 29 heavy (non-hydrogen) atoms. The van der Waals surface area contributed by atoms with E-state index in [0.717, 1.165) is 17.5 Å². The molecule has 0 radical (unpaired) electrons. The highest BCUT2D eigenvalue weighted by atomic mass is 16.5. The van der Waals surface area contributed by atoms with Crippen molar-refractivity contribution in [2.45, 2.75) is 32.4 Å². The van der Waals surface area contributed by atoms with Crippen LogP contribution in [0.15, 0.2) is 47.5 Å². The lowest BCUT2D eigenvalue weighted by molar-refractivity contribution is 0.102. The molecule has 5 rings (SSSR count). The lowest BCUT2D eigenvalue weighted by atomic mass is 9.99. The third kappa shape index (κ3) is 3.15. The van der Waals surface area contributed by atoms with Gasteiger partial charge in [0.1, 0.15) is 5.69 Å². The molecule has 0 bridgehead atoms. The molecule has 1 aliphatic heterocycles. The Balaban J connectivity index is 1.40. The smallest absolute Gasteiger partial charge is 0.274 e. The summed E-state index contributed by atoms with van der Waals surface area (Å²) < 4.78 is 7.10. The Morgan fingerprint density at radius 1 is 1.34 bits per heavy atom. The fourth-order valence-electron chi connectivity index (χ4n) is 3.43. The Kier molecular flexibility index (Phi) is 4.09. The minimum atomic E-state index is -0.259. The first-order chi connectivity index (χ1) is 14.1. The van der Waals surface area contributed by atoms with Crippen molar-refractivity contribution in [2.24, 2.45) is 0 Å². The van der Waals surface area contributed by atoms with Gasteiger partial charge in [0.15, 0.2) is 5.65 Å². The van der Waals surface area contributed by atoms with Crippen LogP contribution in [0.1, 0.15) is 41.3 Å². The largest absolute Gasteiger partial charge is 0.337 e. The molecule has 0 saturated carbocycles. The fourth-order valence-corrected chi connectivity index (χ4v) is 3.43. The number of aryl methyl sites for hydroxylation is 1. The zero-order valence-corrected chi connectivity index (χ0v) is 16.0. The summed E-state index contributed by atoms with van der Waals surface area (Å²) in [5.74, 6) is 0.826. The van der Waals surface area contributed by atoms with Crippen LogP contribution in [0, 0.1) is 6.92 Å². The molecule has 1 saturated heterocycles. The van der Waals surface area contributed by atoms with Gasteiger partial charge in [0, 0.05) is 29.7 Å². The minimum absolute atomic E-state index is 0.112. The highest BCUT2D eigenvalue weighted by molar-refractivity contribution is 6.04. The van der Waals surface area contributed by atoms with Crippen LogP contribution in [0.25, 0.3) is 17.0 Å². The molecule has 1 amide bonds. The Morgan fingerprint density at radius 3 is 3.03 bits per heavy atom. The maximum atomic E-state index is 12.8. The number of carbonyl (C=O) groups excluding carboxylic acids is 1. The molecule has 0 aliphatic carbocycles. The number of carbonyl (C=O) groups is 1. The van der Waals surface area contributed by atoms with E-state index >= 15 is 0 Å². The van der Waals surface area contributed by atoms with Crippen LogP contribution >= 0.6 is 0 Å². The number of nitrogens with zero attached hydrogens (tertiary/aromatic N) is 5. The average Bonchev–Trinajstić information content (AvgIpc) is 3.34. The molecule has 0 spiro atoms. The summed E-state index contributed by atoms with van der Waals surface area (Å²) in [7, 11) is 0. The van der Waals surface area contributed by atoms with E-state index in [9.17, 15) is 4.79 Å². The zero-order chi connectivity index (χ0) is 20.0. The summed E-state index contributed by atoms with van der Waals surface area (Å²) in [5.41, 5.74) is 3.42. The highest BCUT2D eigenvalue weighted by Crippen LogP contribution is 2.29. The molecule has 3 aromatic heterocycles. The monoisotopic (exact) mass is 389 g/mol. The molecule has 4 heterocycles. The number of rotatable bonds is 4. The molecule has 9 heteroatoms. The maximum absolute atomic E-state index is 12.8. The van der Waals surface area contributed by atoms with E-state index in [-0.39, 0.29) is 11.9 Å². The number of anilines is 1. The summed E-state index contributed by atoms with van der Waals surface area (Å²) in [5, 5.41) is 10.4. The quantitative estimate of drug-likeness (QED) is 0.552. The van der Waals surface area contributed by atoms with Gasteiger partial charge in [-0.05, 0) is 31.9 Å². The van der Waals surface area contributed by atoms with Crippen molar-refractivity contribution in [3.63, 3.8) is 0 Å². The normalized spacial score (nSPS) is 18.6. The van der Waals surface area contributed by atoms with Crippen LogP contribution < -0.4 is 10.6 Å². The van der Waals surface area contributed by atoms with Crippen LogP contribution in [-0.2, 0) is 0 Å². The molecule has 9 nitrogen and oxygen atoms in total. The van der Waals surface area contributed by atoms with Gasteiger partial charge in [-0.25, -0.2) is 4.98 Å². The Morgan fingerprint density at radius 2 is 2.21 bits per heavy atom. The second-order valence-corrected chi connectivity index (χ2v) is 7.24. The standard InChI is InChI=1S/C20H19N7O2/c1-11-3-4-13(18-25-20(29-26-18)15-7-12(2)23-15)8-14(11)24-19(28)16-9-22-17-10-21-5-6-27(16)17/h3-6,8-10,12,15,23H,7H2,1-2H3,(H,24,28)/t12-,15+/m0/s1. The van der Waals surface area contributed by atoms with Gasteiger partial charge < -0.3 is 15.2 Å². The fraction of sp³-hybridized carbons (Fsp3) is 0.250. The van der Waals surface area contributed by atoms with Crippen LogP contribution in [0.4, 0.5) is 5.69 Å². The van der Waals surface area contributed by atoms with Gasteiger partial charge in [0.2, 0.25) is 11.7 Å². The average molecular weight is 389 g/mol. The molecular weight excluding hydrogens is 370 g/mol. The predicted molar refractivity (Wildman–Crippen MR) is 105 cm³/mol. The van der Waals surface area contributed by atoms with E-state index < -0.39 is 0 Å². The Labute approximate surface area is 166 Å². The summed E-state index contributed by atoms with van der Waals surface area (Å²) in [6.45, 7) is 4.04. The van der Waals surface area contributed by atoms with E-state index in [1.54, 1.807) is 23.0 Å². The van der Waals surface area contributed by atoms with Gasteiger partial charge >= 0.3 is 0 Å². The highest BCUT2D eigenvalue weighted by Gasteiger charge is 2.30. The number of hydrogen-bond donors (Lipinski definition) is 2. The molecular formula is C20H19N7O2. The Bertz CT molecular complexity index is 1210. The third-order valence-corrected chi connectivity index (χ3v) is 5.11. The van der Waals surface area contributed by atoms with E-state index in [2.05, 4.69) is 37.7 Å². The van der Waals surface area contributed by atoms with Gasteiger partial charge in [-0.1, -0.05) is 17.3 Å². The first-order valence-corrected chi connectivity index (χ1v) is 9.37. The van der Waals surface area contributed by atoms with Crippen LogP contribution in [0.2, 0.25) is 0 Å². The van der Waals surface area contributed by atoms with Crippen LogP contribution in [0.5, 0.6) is 0 Å². The number of benzene rings is 1. The molecule has 1 fully saturated rings. The van der Waals surface area contributed by atoms with Crippen molar-refractivity contribution in [1.82, 2.24) is 29.8 Å². The van der Waals surface area contributed by atoms with Gasteiger partial charge in [-0.3, -0.25) is 14.2 Å². The molecule has 2 atom stereocenters. The van der Waals surface area contributed by atoms with E-state index in [0.29, 0.717) is 34.8 Å². The van der Waals surface area contributed by atoms with Crippen molar-refractivity contribution in [2.75, 3.05) is 5.32 Å². The number of fused-ring (bicyclic) bond motifs is 1. The lowest BCUT2D eigenvalue weighted by Crippen LogP contribution is -2.43. The summed E-state index contributed by atoms with van der Waals surface area (Å²) in [6, 6.07) is 6.26. The van der Waals surface area contributed by atoms with Crippen molar-refractivity contribution >= 4 is 17.2 Å². The van der Waals surface area contributed by atoms with Gasteiger partial charge in [-0.2, -0.15) is 4.98 Å². The molecule has 0 unspecified atom stereocenters. The SMILES string of the molecule is Cc1ccc(-c2noc([C@H]3C[C@H](C)N3)n2)cc1NC(=O)c1cnc2cnccn12. The molecule has 2 N–H and O–H groups in total. The lowest BCUT2D eigenvalue weighted by Gasteiger charge is -2.31. The van der Waals surface area contributed by atoms with E-state index in [1.807, 2.05) is 25.1 Å². The molecule has 4 aromatic rings. The van der Waals surface area contributed by atoms with Crippen molar-refractivity contribution < 1.29 is 9.32 Å². The predicted octanol–water partition coefficient (Wildman–Crippen LogP) is 2.76. The summed E-state index contributed by atoms with van der Waals surface area (Å²) in [4.78, 5) is 25.5. The van der Waals surface area contributed by atoms with E-state index in [1.165, 1.54) is 6.20 Å². The summed E-state index contributed by atoms with van der Waals surface area (Å²) >= 11 is 0. The molecule has 1 aliphatic rings. The van der Waals surface area contributed by atoms with E-state index in [4.69, 9.17) is 4.52 Å². The van der Waals surface area contributed by atoms with Gasteiger partial charge in [-0.15, -0.1) is 0 Å². The summed E-state index contributed by atoms with van der Waals surface area (Å²) in [6.07, 6.45) is 7.43. The maximum Gasteiger partial charge on any atom is 0.274 e. The zero-order valence-electron chi connectivity index (χ0n) is 16.0. The molecule has 146 valence electrons. The topological polar surface area (TPSA) is 110 Å². The van der Waals surface area contributed by atoms with Crippen molar-refractivity contribution in [1.29, 1.82) is 0 Å². The Hall–Kier alpha value is -3.59. The second-order valence-electron chi connectivity index (χ2n) is 7.24. The first-order valence-electron chi connectivity index (χ1n) is 9.37. The molecule has 1 aromatic carbocycles. The second kappa shape index (κ2) is 6.78. The number of hydrogen-bond acceptors (Lipinski definition) is 7. The van der Waals surface area contributed by atoms with Crippen molar-refractivity contribution in [3.05, 3.63) is 60.1 Å². The number of nitrogens with one attached hydrogen (secondary N) is 2. The first kappa shape index (κ1) is 17.5.